The smallest absolute Gasteiger partial charge is 0.162 e. The molecule has 1 aliphatic carbocycles. The molecule has 2 aliphatic rings. The van der Waals surface area contributed by atoms with Gasteiger partial charge in [-0.05, 0) is 46.0 Å². The highest BCUT2D eigenvalue weighted by atomic mass is 16.7. The monoisotopic (exact) mass is 238 g/mol. The van der Waals surface area contributed by atoms with Gasteiger partial charge >= 0.3 is 0 Å². The van der Waals surface area contributed by atoms with Crippen LogP contribution in [0.15, 0.2) is 11.6 Å². The molecule has 2 rings (SSSR count). The molecular weight excluding hydrogens is 212 g/mol. The van der Waals surface area contributed by atoms with E-state index in [0.717, 1.165) is 0 Å². The molecule has 0 saturated carbocycles. The van der Waals surface area contributed by atoms with Crippen LogP contribution in [-0.2, 0) is 9.47 Å². The maximum absolute atomic E-state index is 6.13. The van der Waals surface area contributed by atoms with Gasteiger partial charge in [0.05, 0.1) is 11.7 Å². The quantitative estimate of drug-likeness (QED) is 0.647. The fourth-order valence-electron chi connectivity index (χ4n) is 3.26. The third kappa shape index (κ3) is 2.43. The highest BCUT2D eigenvalue weighted by Crippen LogP contribution is 2.42. The summed E-state index contributed by atoms with van der Waals surface area (Å²) in [5.74, 6) is 1.67. The van der Waals surface area contributed by atoms with E-state index in [-0.39, 0.29) is 18.0 Å². The zero-order chi connectivity index (χ0) is 12.8. The molecule has 1 saturated heterocycles. The van der Waals surface area contributed by atoms with Crippen molar-refractivity contribution in [3.05, 3.63) is 11.6 Å². The van der Waals surface area contributed by atoms with Crippen LogP contribution in [0.1, 0.15) is 48.0 Å². The Hall–Kier alpha value is -0.340. The van der Waals surface area contributed by atoms with Crippen LogP contribution in [0.4, 0.5) is 0 Å². The van der Waals surface area contributed by atoms with Crippen LogP contribution in [0.3, 0.4) is 0 Å². The number of ether oxygens (including phenoxy) is 2. The highest BCUT2D eigenvalue weighted by molar-refractivity contribution is 5.09. The van der Waals surface area contributed by atoms with Gasteiger partial charge in [0.2, 0.25) is 0 Å². The van der Waals surface area contributed by atoms with Crippen molar-refractivity contribution in [2.45, 2.75) is 66.0 Å². The minimum Gasteiger partial charge on any atom is -0.346 e. The van der Waals surface area contributed by atoms with E-state index in [4.69, 9.17) is 9.47 Å². The number of allylic oxidation sites excluding steroid dienone is 2. The van der Waals surface area contributed by atoms with Gasteiger partial charge in [-0.3, -0.25) is 0 Å². The molecule has 2 nitrogen and oxygen atoms in total. The Morgan fingerprint density at radius 1 is 1.24 bits per heavy atom. The summed E-state index contributed by atoms with van der Waals surface area (Å²) in [5, 5.41) is 0. The van der Waals surface area contributed by atoms with Crippen molar-refractivity contribution >= 4 is 0 Å². The summed E-state index contributed by atoms with van der Waals surface area (Å²) in [4.78, 5) is 0. The molecular formula is C15H26O2. The molecule has 0 aromatic carbocycles. The Bertz CT molecular complexity index is 319. The summed E-state index contributed by atoms with van der Waals surface area (Å²) in [6, 6.07) is 0. The minimum absolute atomic E-state index is 0.0330. The zero-order valence-corrected chi connectivity index (χ0v) is 12.0. The van der Waals surface area contributed by atoms with Crippen LogP contribution in [0.2, 0.25) is 0 Å². The van der Waals surface area contributed by atoms with Crippen molar-refractivity contribution < 1.29 is 9.47 Å². The van der Waals surface area contributed by atoms with Crippen LogP contribution >= 0.6 is 0 Å². The van der Waals surface area contributed by atoms with Gasteiger partial charge in [-0.15, -0.1) is 0 Å². The highest BCUT2D eigenvalue weighted by Gasteiger charge is 2.46. The zero-order valence-electron chi connectivity index (χ0n) is 12.0. The Kier molecular flexibility index (Phi) is 3.39. The predicted octanol–water partition coefficient (Wildman–Crippen LogP) is 3.76. The van der Waals surface area contributed by atoms with E-state index in [1.165, 1.54) is 12.0 Å². The van der Waals surface area contributed by atoms with E-state index >= 15 is 0 Å². The van der Waals surface area contributed by atoms with Gasteiger partial charge < -0.3 is 9.47 Å². The van der Waals surface area contributed by atoms with Crippen molar-refractivity contribution in [2.75, 3.05) is 0 Å². The molecule has 0 aromatic heterocycles. The van der Waals surface area contributed by atoms with Gasteiger partial charge in [-0.2, -0.15) is 0 Å². The normalized spacial score (nSPS) is 45.8. The summed E-state index contributed by atoms with van der Waals surface area (Å²) < 4.78 is 12.2. The number of hydrogen-bond donors (Lipinski definition) is 0. The molecule has 1 heterocycles. The second kappa shape index (κ2) is 4.40. The maximum atomic E-state index is 6.13. The predicted molar refractivity (Wildman–Crippen MR) is 69.7 cm³/mol. The summed E-state index contributed by atoms with van der Waals surface area (Å²) in [6.07, 6.45) is 3.70. The lowest BCUT2D eigenvalue weighted by atomic mass is 9.74. The van der Waals surface area contributed by atoms with Crippen molar-refractivity contribution in [3.8, 4) is 0 Å². The van der Waals surface area contributed by atoms with Crippen LogP contribution in [0, 0.1) is 17.8 Å². The van der Waals surface area contributed by atoms with E-state index in [9.17, 15) is 0 Å². The summed E-state index contributed by atoms with van der Waals surface area (Å²) >= 11 is 0. The molecule has 0 unspecified atom stereocenters. The molecule has 0 N–H and O–H groups in total. The van der Waals surface area contributed by atoms with Crippen LogP contribution in [0.25, 0.3) is 0 Å². The second-order valence-corrected chi connectivity index (χ2v) is 6.50. The molecule has 1 fully saturated rings. The SMILES string of the molecule is CC1=C[C@@H](C)[C@H]([C@@H]2O[C@@H](C)C(C)(C)O2)[C@@H](C)C1. The van der Waals surface area contributed by atoms with Crippen molar-refractivity contribution in [1.82, 2.24) is 0 Å². The lowest BCUT2D eigenvalue weighted by Crippen LogP contribution is -2.36. The van der Waals surface area contributed by atoms with Crippen LogP contribution in [0.5, 0.6) is 0 Å². The van der Waals surface area contributed by atoms with Gasteiger partial charge in [0, 0.05) is 5.92 Å². The first-order chi connectivity index (χ1) is 7.81. The molecule has 0 radical (unpaired) electrons. The van der Waals surface area contributed by atoms with Crippen molar-refractivity contribution in [1.29, 1.82) is 0 Å². The summed E-state index contributed by atoms with van der Waals surface area (Å²) in [7, 11) is 0. The average molecular weight is 238 g/mol. The first kappa shape index (κ1) is 13.1. The maximum Gasteiger partial charge on any atom is 0.162 e. The Morgan fingerprint density at radius 3 is 2.35 bits per heavy atom. The van der Waals surface area contributed by atoms with Gasteiger partial charge in [0.25, 0.3) is 0 Å². The van der Waals surface area contributed by atoms with Crippen LogP contribution < -0.4 is 0 Å². The first-order valence-electron chi connectivity index (χ1n) is 6.82. The second-order valence-electron chi connectivity index (χ2n) is 6.50. The van der Waals surface area contributed by atoms with E-state index in [1.807, 2.05) is 0 Å². The Morgan fingerprint density at radius 2 is 1.88 bits per heavy atom. The Labute approximate surface area is 105 Å². The van der Waals surface area contributed by atoms with Gasteiger partial charge in [-0.1, -0.05) is 25.5 Å². The molecule has 17 heavy (non-hydrogen) atoms. The first-order valence-corrected chi connectivity index (χ1v) is 6.82. The molecule has 0 bridgehead atoms. The summed E-state index contributed by atoms with van der Waals surface area (Å²) in [6.45, 7) is 13.2. The molecule has 2 heteroatoms. The van der Waals surface area contributed by atoms with Crippen LogP contribution in [-0.4, -0.2) is 18.0 Å². The lowest BCUT2D eigenvalue weighted by Gasteiger charge is -2.36. The molecule has 5 atom stereocenters. The number of rotatable bonds is 1. The minimum atomic E-state index is -0.152. The standard InChI is InChI=1S/C15H26O2/c1-9-7-10(2)13(11(3)8-9)14-16-12(4)15(5,6)17-14/h7,10-14H,8H2,1-6H3/t10-,11+,12+,13+,14-/m1/s1. The van der Waals surface area contributed by atoms with Crippen molar-refractivity contribution in [2.24, 2.45) is 17.8 Å². The number of hydrogen-bond acceptors (Lipinski definition) is 2. The molecule has 0 spiro atoms. The van der Waals surface area contributed by atoms with E-state index in [1.54, 1.807) is 0 Å². The third-order valence-corrected chi connectivity index (χ3v) is 4.51. The van der Waals surface area contributed by atoms with Gasteiger partial charge in [0.1, 0.15) is 0 Å². The van der Waals surface area contributed by atoms with Gasteiger partial charge in [-0.25, -0.2) is 0 Å². The largest absolute Gasteiger partial charge is 0.346 e. The molecule has 1 aliphatic heterocycles. The summed E-state index contributed by atoms with van der Waals surface area (Å²) in [5.41, 5.74) is 1.35. The lowest BCUT2D eigenvalue weighted by molar-refractivity contribution is -0.138. The van der Waals surface area contributed by atoms with E-state index in [2.05, 4.69) is 47.6 Å². The van der Waals surface area contributed by atoms with E-state index in [0.29, 0.717) is 17.8 Å². The fraction of sp³-hybridized carbons (Fsp3) is 0.867. The fourth-order valence-corrected chi connectivity index (χ4v) is 3.26. The van der Waals surface area contributed by atoms with Gasteiger partial charge in [0.15, 0.2) is 6.29 Å². The molecule has 0 amide bonds. The third-order valence-electron chi connectivity index (χ3n) is 4.51. The van der Waals surface area contributed by atoms with Crippen molar-refractivity contribution in [3.63, 3.8) is 0 Å². The Balaban J connectivity index is 2.14. The topological polar surface area (TPSA) is 18.5 Å². The molecule has 98 valence electrons. The molecule has 0 aromatic rings. The average Bonchev–Trinajstić information content (AvgIpc) is 2.38. The van der Waals surface area contributed by atoms with E-state index < -0.39 is 0 Å².